The smallest absolute Gasteiger partial charge is 0.371 e. The van der Waals surface area contributed by atoms with Gasteiger partial charge in [-0.15, -0.1) is 0 Å². The summed E-state index contributed by atoms with van der Waals surface area (Å²) in [6.45, 7) is 3.51. The highest BCUT2D eigenvalue weighted by molar-refractivity contribution is 7.08. The average molecular weight is 396 g/mol. The molecular formula is C19H23F3N4S. The number of thiophene rings is 1. The Morgan fingerprint density at radius 2 is 1.78 bits per heavy atom. The lowest BCUT2D eigenvalue weighted by atomic mass is 9.94. The fraction of sp³-hybridized carbons (Fsp3) is 0.579. The van der Waals surface area contributed by atoms with Crippen LogP contribution in [0.2, 0.25) is 0 Å². The molecule has 4 heterocycles. The van der Waals surface area contributed by atoms with E-state index in [0.717, 1.165) is 38.7 Å². The molecule has 0 bridgehead atoms. The topological polar surface area (TPSA) is 32.3 Å². The van der Waals surface area contributed by atoms with Crippen LogP contribution in [0.3, 0.4) is 0 Å². The van der Waals surface area contributed by atoms with Gasteiger partial charge in [-0.3, -0.25) is 0 Å². The van der Waals surface area contributed by atoms with E-state index in [9.17, 15) is 13.2 Å². The molecule has 8 heteroatoms. The fourth-order valence-electron chi connectivity index (χ4n) is 4.27. The minimum Gasteiger partial charge on any atom is -0.371 e. The molecule has 2 aromatic heterocycles. The van der Waals surface area contributed by atoms with E-state index < -0.39 is 11.9 Å². The maximum atomic E-state index is 13.2. The Bertz CT molecular complexity index is 750. The number of hydrogen-bond acceptors (Lipinski definition) is 5. The summed E-state index contributed by atoms with van der Waals surface area (Å²) in [6.07, 6.45) is 2.20. The van der Waals surface area contributed by atoms with Gasteiger partial charge in [0, 0.05) is 37.2 Å². The first-order valence-corrected chi connectivity index (χ1v) is 10.3. The Morgan fingerprint density at radius 1 is 1.07 bits per heavy atom. The van der Waals surface area contributed by atoms with Gasteiger partial charge in [0.2, 0.25) is 0 Å². The van der Waals surface area contributed by atoms with Gasteiger partial charge in [0.05, 0.1) is 11.9 Å². The van der Waals surface area contributed by atoms with Crippen LogP contribution >= 0.6 is 11.3 Å². The maximum Gasteiger partial charge on any atom is 0.435 e. The molecule has 0 amide bonds. The number of aromatic nitrogens is 2. The highest BCUT2D eigenvalue weighted by Crippen LogP contribution is 2.37. The van der Waals surface area contributed by atoms with Crippen LogP contribution in [0.4, 0.5) is 24.5 Å². The number of rotatable bonds is 5. The molecule has 146 valence electrons. The van der Waals surface area contributed by atoms with Crippen molar-refractivity contribution in [1.82, 2.24) is 9.97 Å². The fourth-order valence-corrected chi connectivity index (χ4v) is 4.93. The zero-order chi connectivity index (χ0) is 18.9. The normalized spacial score (nSPS) is 23.4. The van der Waals surface area contributed by atoms with E-state index in [1.807, 2.05) is 0 Å². The lowest BCUT2D eigenvalue weighted by Gasteiger charge is -2.22. The minimum absolute atomic E-state index is 0.122. The summed E-state index contributed by atoms with van der Waals surface area (Å²) in [5, 5.41) is 4.30. The predicted octanol–water partition coefficient (Wildman–Crippen LogP) is 4.69. The van der Waals surface area contributed by atoms with Crippen molar-refractivity contribution >= 4 is 22.7 Å². The van der Waals surface area contributed by atoms with Crippen LogP contribution in [0.15, 0.2) is 29.4 Å². The van der Waals surface area contributed by atoms with E-state index in [1.165, 1.54) is 18.3 Å². The second kappa shape index (κ2) is 7.66. The molecule has 2 aliphatic rings. The van der Waals surface area contributed by atoms with Crippen molar-refractivity contribution in [1.29, 1.82) is 0 Å². The average Bonchev–Trinajstić information content (AvgIpc) is 3.39. The Balaban J connectivity index is 1.30. The van der Waals surface area contributed by atoms with Gasteiger partial charge in [-0.2, -0.15) is 24.5 Å². The second-order valence-corrected chi connectivity index (χ2v) is 8.29. The van der Waals surface area contributed by atoms with Crippen LogP contribution in [0.1, 0.15) is 31.4 Å². The van der Waals surface area contributed by atoms with E-state index in [1.54, 1.807) is 16.2 Å². The molecule has 2 aromatic rings. The molecule has 0 radical (unpaired) electrons. The van der Waals surface area contributed by atoms with E-state index >= 15 is 0 Å². The number of nitrogens with zero attached hydrogens (tertiary/aromatic N) is 4. The molecular weight excluding hydrogens is 373 g/mol. The molecule has 27 heavy (non-hydrogen) atoms. The van der Waals surface area contributed by atoms with Crippen molar-refractivity contribution in [2.24, 2.45) is 11.8 Å². The standard InChI is InChI=1S/C19H23F3N4S/c20-19(21,22)18-17(9-23-13-24-18)26-7-4-15(11-26)2-1-14-3-6-25(10-14)16-5-8-27-12-16/h5,8-9,12-15H,1-4,6-7,10-11H2/t14-,15-/m1/s1. The van der Waals surface area contributed by atoms with Gasteiger partial charge in [0.1, 0.15) is 6.33 Å². The minimum atomic E-state index is -4.44. The zero-order valence-corrected chi connectivity index (χ0v) is 15.8. The van der Waals surface area contributed by atoms with Crippen LogP contribution in [-0.2, 0) is 6.18 Å². The third-order valence-electron chi connectivity index (χ3n) is 5.73. The third kappa shape index (κ3) is 4.20. The van der Waals surface area contributed by atoms with Gasteiger partial charge in [0.15, 0.2) is 5.69 Å². The molecule has 0 aromatic carbocycles. The van der Waals surface area contributed by atoms with E-state index in [4.69, 9.17) is 0 Å². The number of halogens is 3. The molecule has 2 aliphatic heterocycles. The van der Waals surface area contributed by atoms with Gasteiger partial charge >= 0.3 is 6.18 Å². The summed E-state index contributed by atoms with van der Waals surface area (Å²) in [5.41, 5.74) is 0.621. The van der Waals surface area contributed by atoms with E-state index in [-0.39, 0.29) is 5.69 Å². The lowest BCUT2D eigenvalue weighted by molar-refractivity contribution is -0.140. The summed E-state index contributed by atoms with van der Waals surface area (Å²) in [6, 6.07) is 2.17. The monoisotopic (exact) mass is 396 g/mol. The van der Waals surface area contributed by atoms with Gasteiger partial charge in [-0.05, 0) is 49.0 Å². The van der Waals surface area contributed by atoms with E-state index in [0.29, 0.717) is 24.9 Å². The molecule has 2 saturated heterocycles. The van der Waals surface area contributed by atoms with Gasteiger partial charge in [-0.25, -0.2) is 9.97 Å². The van der Waals surface area contributed by atoms with Crippen molar-refractivity contribution in [3.63, 3.8) is 0 Å². The van der Waals surface area contributed by atoms with Crippen LogP contribution in [0.5, 0.6) is 0 Å². The van der Waals surface area contributed by atoms with Crippen molar-refractivity contribution in [3.8, 4) is 0 Å². The van der Waals surface area contributed by atoms with Crippen LogP contribution in [-0.4, -0.2) is 36.1 Å². The molecule has 0 aliphatic carbocycles. The number of alkyl halides is 3. The molecule has 0 unspecified atom stereocenters. The predicted molar refractivity (Wildman–Crippen MR) is 101 cm³/mol. The quantitative estimate of drug-likeness (QED) is 0.734. The second-order valence-electron chi connectivity index (χ2n) is 7.51. The molecule has 0 N–H and O–H groups in total. The summed E-state index contributed by atoms with van der Waals surface area (Å²) >= 11 is 1.72. The summed E-state index contributed by atoms with van der Waals surface area (Å²) in [4.78, 5) is 11.5. The third-order valence-corrected chi connectivity index (χ3v) is 6.40. The Labute approximate surface area is 161 Å². The van der Waals surface area contributed by atoms with Crippen molar-refractivity contribution in [2.45, 2.75) is 31.9 Å². The molecule has 0 spiro atoms. The van der Waals surface area contributed by atoms with Crippen molar-refractivity contribution < 1.29 is 13.2 Å². The van der Waals surface area contributed by atoms with Crippen LogP contribution in [0.25, 0.3) is 0 Å². The first-order valence-electron chi connectivity index (χ1n) is 9.40. The van der Waals surface area contributed by atoms with E-state index in [2.05, 4.69) is 31.7 Å². The van der Waals surface area contributed by atoms with Crippen LogP contribution in [0, 0.1) is 11.8 Å². The number of anilines is 2. The Morgan fingerprint density at radius 3 is 2.44 bits per heavy atom. The highest BCUT2D eigenvalue weighted by Gasteiger charge is 2.38. The summed E-state index contributed by atoms with van der Waals surface area (Å²) in [7, 11) is 0. The SMILES string of the molecule is FC(F)(F)c1ncncc1N1CC[C@@H](CC[C@@H]2CCN(c3ccsc3)C2)C1. The maximum absolute atomic E-state index is 13.2. The molecule has 4 rings (SSSR count). The Kier molecular flexibility index (Phi) is 5.25. The largest absolute Gasteiger partial charge is 0.435 e. The molecule has 2 atom stereocenters. The first-order chi connectivity index (χ1) is 13.0. The molecule has 0 saturated carbocycles. The highest BCUT2D eigenvalue weighted by atomic mass is 32.1. The lowest BCUT2D eigenvalue weighted by Crippen LogP contribution is -2.24. The number of hydrogen-bond donors (Lipinski definition) is 0. The van der Waals surface area contributed by atoms with Gasteiger partial charge in [0.25, 0.3) is 0 Å². The van der Waals surface area contributed by atoms with Gasteiger partial charge in [-0.1, -0.05) is 0 Å². The summed E-state index contributed by atoms with van der Waals surface area (Å²) in [5.74, 6) is 1.13. The Hall–Kier alpha value is -1.83. The van der Waals surface area contributed by atoms with Crippen LogP contribution < -0.4 is 9.80 Å². The van der Waals surface area contributed by atoms with Gasteiger partial charge < -0.3 is 9.80 Å². The van der Waals surface area contributed by atoms with Crippen molar-refractivity contribution in [3.05, 3.63) is 35.0 Å². The molecule has 4 nitrogen and oxygen atoms in total. The molecule has 2 fully saturated rings. The summed E-state index contributed by atoms with van der Waals surface area (Å²) < 4.78 is 39.6. The van der Waals surface area contributed by atoms with Crippen molar-refractivity contribution in [2.75, 3.05) is 36.0 Å². The first kappa shape index (κ1) is 18.5. The zero-order valence-electron chi connectivity index (χ0n) is 15.0.